The minimum Gasteiger partial charge on any atom is -0.352 e. The van der Waals surface area contributed by atoms with Crippen LogP contribution in [0, 0.1) is 0 Å². The van der Waals surface area contributed by atoms with Crippen LogP contribution in [-0.4, -0.2) is 22.8 Å². The lowest BCUT2D eigenvalue weighted by molar-refractivity contribution is 0.249. The van der Waals surface area contributed by atoms with Crippen LogP contribution in [0.2, 0.25) is 6.04 Å². The predicted octanol–water partition coefficient (Wildman–Crippen LogP) is -0.368. The number of carbonyl (C=O) groups is 1. The Morgan fingerprint density at radius 1 is 1.75 bits per heavy atom. The molecule has 0 atom stereocenters. The molecule has 0 rings (SSSR count). The molecule has 2 amide bonds. The monoisotopic (exact) mass is 129 g/mol. The Labute approximate surface area is 52.1 Å². The second-order valence-electron chi connectivity index (χ2n) is 1.39. The Morgan fingerprint density at radius 3 is 2.75 bits per heavy atom. The lowest BCUT2D eigenvalue weighted by Crippen LogP contribution is -2.29. The third kappa shape index (κ3) is 5.49. The van der Waals surface area contributed by atoms with E-state index in [-0.39, 0.29) is 0 Å². The Kier molecular flexibility index (Phi) is 4.34. The highest BCUT2D eigenvalue weighted by molar-refractivity contribution is 6.08. The molecular formula is C4H9N2OSi. The highest BCUT2D eigenvalue weighted by Gasteiger charge is 1.86. The van der Waals surface area contributed by atoms with Crippen LogP contribution in [0.25, 0.3) is 0 Å². The number of amides is 2. The van der Waals surface area contributed by atoms with E-state index in [1.54, 1.807) is 0 Å². The van der Waals surface area contributed by atoms with Crippen molar-refractivity contribution in [3.05, 3.63) is 0 Å². The zero-order chi connectivity index (χ0) is 6.41. The van der Waals surface area contributed by atoms with Crippen molar-refractivity contribution in [2.24, 2.45) is 5.73 Å². The van der Waals surface area contributed by atoms with Gasteiger partial charge in [-0.2, -0.15) is 0 Å². The second-order valence-corrected chi connectivity index (χ2v) is 1.89. The fourth-order valence-corrected chi connectivity index (χ4v) is 0.477. The first-order valence-electron chi connectivity index (χ1n) is 2.45. The van der Waals surface area contributed by atoms with Crippen molar-refractivity contribution in [1.29, 1.82) is 0 Å². The molecule has 8 heavy (non-hydrogen) atoms. The molecule has 0 fully saturated rings. The summed E-state index contributed by atoms with van der Waals surface area (Å²) in [6, 6.07) is 0.436. The number of carbonyl (C=O) groups excluding carboxylic acids is 1. The average molecular weight is 129 g/mol. The van der Waals surface area contributed by atoms with E-state index in [9.17, 15) is 4.79 Å². The molecule has 0 aliphatic carbocycles. The Hall–Kier alpha value is -0.513. The van der Waals surface area contributed by atoms with Gasteiger partial charge in [-0.25, -0.2) is 4.79 Å². The number of hydrogen-bond donors (Lipinski definition) is 2. The molecule has 0 aromatic carbocycles. The maximum Gasteiger partial charge on any atom is 0.312 e. The summed E-state index contributed by atoms with van der Waals surface area (Å²) >= 11 is 0. The third-order valence-corrected chi connectivity index (χ3v) is 1.01. The van der Waals surface area contributed by atoms with Crippen molar-refractivity contribution in [2.75, 3.05) is 6.54 Å². The zero-order valence-corrected chi connectivity index (χ0v) is 5.61. The van der Waals surface area contributed by atoms with Crippen LogP contribution in [0.1, 0.15) is 6.42 Å². The van der Waals surface area contributed by atoms with Crippen molar-refractivity contribution >= 4 is 16.3 Å². The van der Waals surface area contributed by atoms with E-state index in [0.717, 1.165) is 12.5 Å². The molecule has 0 aliphatic rings. The van der Waals surface area contributed by atoms with Gasteiger partial charge in [0.25, 0.3) is 0 Å². The van der Waals surface area contributed by atoms with Crippen LogP contribution < -0.4 is 11.1 Å². The number of hydrogen-bond acceptors (Lipinski definition) is 1. The molecule has 3 radical (unpaired) electrons. The highest BCUT2D eigenvalue weighted by Crippen LogP contribution is 1.78. The number of rotatable bonds is 3. The molecule has 3 nitrogen and oxygen atoms in total. The van der Waals surface area contributed by atoms with Crippen molar-refractivity contribution in [2.45, 2.75) is 12.5 Å². The Morgan fingerprint density at radius 2 is 2.38 bits per heavy atom. The van der Waals surface area contributed by atoms with Crippen molar-refractivity contribution in [1.82, 2.24) is 5.32 Å². The van der Waals surface area contributed by atoms with Gasteiger partial charge in [-0.15, -0.1) is 0 Å². The molecule has 0 unspecified atom stereocenters. The first-order chi connectivity index (χ1) is 3.77. The first kappa shape index (κ1) is 7.49. The molecule has 0 saturated heterocycles. The first-order valence-corrected chi connectivity index (χ1v) is 3.16. The van der Waals surface area contributed by atoms with Crippen LogP contribution in [0.15, 0.2) is 0 Å². The van der Waals surface area contributed by atoms with Crippen molar-refractivity contribution in [3.8, 4) is 0 Å². The van der Waals surface area contributed by atoms with E-state index in [4.69, 9.17) is 5.73 Å². The molecule has 0 heterocycles. The highest BCUT2D eigenvalue weighted by atomic mass is 28.1. The summed E-state index contributed by atoms with van der Waals surface area (Å²) in [6.45, 7) is 0.652. The summed E-state index contributed by atoms with van der Waals surface area (Å²) in [5.41, 5.74) is 4.77. The smallest absolute Gasteiger partial charge is 0.312 e. The molecule has 3 N–H and O–H groups in total. The summed E-state index contributed by atoms with van der Waals surface area (Å²) < 4.78 is 0. The predicted molar refractivity (Wildman–Crippen MR) is 32.8 cm³/mol. The standard InChI is InChI=1S/C4H9N2OSi/c5-4(7)6-2-1-3-8/h1-3H2,(H3,5,6,7). The van der Waals surface area contributed by atoms with E-state index in [0.29, 0.717) is 6.54 Å². The van der Waals surface area contributed by atoms with E-state index in [2.05, 4.69) is 15.6 Å². The number of primary amides is 1. The molecule has 45 valence electrons. The SMILES string of the molecule is NC(=O)NCCC[Si]. The minimum absolute atomic E-state index is 0.454. The van der Waals surface area contributed by atoms with Gasteiger partial charge in [-0.3, -0.25) is 0 Å². The molecule has 0 aromatic rings. The van der Waals surface area contributed by atoms with E-state index in [1.807, 2.05) is 0 Å². The van der Waals surface area contributed by atoms with Crippen LogP contribution in [-0.2, 0) is 0 Å². The molecule has 0 bridgehead atoms. The molecular weight excluding hydrogens is 120 g/mol. The largest absolute Gasteiger partial charge is 0.352 e. The third-order valence-electron chi connectivity index (χ3n) is 0.653. The fraction of sp³-hybridized carbons (Fsp3) is 0.750. The normalized spacial score (nSPS) is 8.62. The Balaban J connectivity index is 2.82. The number of nitrogens with two attached hydrogens (primary N) is 1. The summed E-state index contributed by atoms with van der Waals surface area (Å²) in [7, 11) is 3.25. The van der Waals surface area contributed by atoms with Crippen molar-refractivity contribution < 1.29 is 4.79 Å². The van der Waals surface area contributed by atoms with Gasteiger partial charge in [0.15, 0.2) is 0 Å². The molecule has 0 aliphatic heterocycles. The van der Waals surface area contributed by atoms with Gasteiger partial charge in [0, 0.05) is 16.8 Å². The van der Waals surface area contributed by atoms with Crippen LogP contribution in [0.5, 0.6) is 0 Å². The van der Waals surface area contributed by atoms with Gasteiger partial charge in [0.2, 0.25) is 0 Å². The summed E-state index contributed by atoms with van der Waals surface area (Å²) in [5.74, 6) is 0. The van der Waals surface area contributed by atoms with Crippen LogP contribution >= 0.6 is 0 Å². The van der Waals surface area contributed by atoms with Crippen LogP contribution in [0.4, 0.5) is 4.79 Å². The molecule has 4 heteroatoms. The van der Waals surface area contributed by atoms with Gasteiger partial charge < -0.3 is 11.1 Å². The van der Waals surface area contributed by atoms with E-state index >= 15 is 0 Å². The van der Waals surface area contributed by atoms with Gasteiger partial charge in [0.1, 0.15) is 0 Å². The maximum atomic E-state index is 9.97. The molecule has 0 spiro atoms. The summed E-state index contributed by atoms with van der Waals surface area (Å²) in [5, 5.41) is 2.45. The lowest BCUT2D eigenvalue weighted by atomic mass is 10.5. The molecule has 0 saturated carbocycles. The zero-order valence-electron chi connectivity index (χ0n) is 4.61. The number of nitrogens with one attached hydrogen (secondary N) is 1. The summed E-state index contributed by atoms with van der Waals surface area (Å²) in [4.78, 5) is 9.97. The summed E-state index contributed by atoms with van der Waals surface area (Å²) in [6.07, 6.45) is 0.916. The maximum absolute atomic E-state index is 9.97. The fourth-order valence-electron chi connectivity index (χ4n) is 0.300. The van der Waals surface area contributed by atoms with Gasteiger partial charge in [-0.05, 0) is 6.42 Å². The van der Waals surface area contributed by atoms with Gasteiger partial charge in [-0.1, -0.05) is 6.04 Å². The topological polar surface area (TPSA) is 55.1 Å². The van der Waals surface area contributed by atoms with Crippen molar-refractivity contribution in [3.63, 3.8) is 0 Å². The Bertz CT molecular complexity index is 76.4. The van der Waals surface area contributed by atoms with E-state index in [1.165, 1.54) is 0 Å². The average Bonchev–Trinajstić information content (AvgIpc) is 1.66. The second kappa shape index (κ2) is 4.64. The quantitative estimate of drug-likeness (QED) is 0.396. The number of urea groups is 1. The minimum atomic E-state index is -0.454. The van der Waals surface area contributed by atoms with Crippen LogP contribution in [0.3, 0.4) is 0 Å². The van der Waals surface area contributed by atoms with Gasteiger partial charge in [0.05, 0.1) is 0 Å². The van der Waals surface area contributed by atoms with Gasteiger partial charge >= 0.3 is 6.03 Å². The molecule has 0 aromatic heterocycles. The lowest BCUT2D eigenvalue weighted by Gasteiger charge is -1.95. The van der Waals surface area contributed by atoms with E-state index < -0.39 is 6.03 Å².